The quantitative estimate of drug-likeness (QED) is 0.563. The molecule has 0 aliphatic heterocycles. The largest absolute Gasteiger partial charge is 0.300 e. The van der Waals surface area contributed by atoms with Gasteiger partial charge in [-0.1, -0.05) is 46.4 Å². The molecule has 0 bridgehead atoms. The molecular weight excluding hydrogens is 282 g/mol. The van der Waals surface area contributed by atoms with Gasteiger partial charge in [-0.2, -0.15) is 0 Å². The number of ether oxygens (including phenoxy) is 1. The van der Waals surface area contributed by atoms with E-state index in [9.17, 15) is 17.6 Å². The van der Waals surface area contributed by atoms with E-state index in [1.165, 1.54) is 0 Å². The number of hydrogen-bond donors (Lipinski definition) is 0. The Labute approximate surface area is 90.8 Å². The van der Waals surface area contributed by atoms with E-state index in [1.807, 2.05) is 0 Å². The predicted octanol–water partition coefficient (Wildman–Crippen LogP) is 3.80. The van der Waals surface area contributed by atoms with Crippen LogP contribution in [-0.4, -0.2) is 21.9 Å². The third-order valence-corrected chi connectivity index (χ3v) is 1.75. The molecule has 0 atom stereocenters. The molecule has 0 heterocycles. The fourth-order valence-corrected chi connectivity index (χ4v) is 0.915. The van der Waals surface area contributed by atoms with E-state index >= 15 is 0 Å². The van der Waals surface area contributed by atoms with Crippen molar-refractivity contribution in [3.63, 3.8) is 0 Å². The van der Waals surface area contributed by atoms with E-state index in [4.69, 9.17) is 46.4 Å². The number of halogens is 8. The van der Waals surface area contributed by atoms with Gasteiger partial charge in [-0.05, 0) is 0 Å². The summed E-state index contributed by atoms with van der Waals surface area (Å²) in [6, 6.07) is 0. The highest BCUT2D eigenvalue weighted by atomic mass is 35.5. The molecule has 0 radical (unpaired) electrons. The topological polar surface area (TPSA) is 9.23 Å². The van der Waals surface area contributed by atoms with Gasteiger partial charge in [0.1, 0.15) is 0 Å². The predicted molar refractivity (Wildman–Crippen MR) is 42.0 cm³/mol. The molecule has 0 rings (SSSR count). The van der Waals surface area contributed by atoms with Gasteiger partial charge in [-0.15, -0.1) is 0 Å². The molecule has 0 amide bonds. The Hall–Kier alpha value is 0.840. The van der Waals surface area contributed by atoms with Gasteiger partial charge in [0.2, 0.25) is 0 Å². The summed E-state index contributed by atoms with van der Waals surface area (Å²) < 4.78 is 44.8. The molecule has 80 valence electrons. The summed E-state index contributed by atoms with van der Waals surface area (Å²) in [7, 11) is 0. The van der Waals surface area contributed by atoms with Crippen molar-refractivity contribution in [2.75, 3.05) is 0 Å². The van der Waals surface area contributed by atoms with Gasteiger partial charge < -0.3 is 4.74 Å². The summed E-state index contributed by atoms with van der Waals surface area (Å²) in [4.78, 5) is 0. The second kappa shape index (κ2) is 4.57. The average Bonchev–Trinajstić information content (AvgIpc) is 1.83. The van der Waals surface area contributed by atoms with Crippen molar-refractivity contribution in [1.29, 1.82) is 0 Å². The summed E-state index contributed by atoms with van der Waals surface area (Å²) in [5.74, 6) is 0. The van der Waals surface area contributed by atoms with E-state index in [1.54, 1.807) is 0 Å². The Balaban J connectivity index is 4.42. The Morgan fingerprint density at radius 2 is 1.00 bits per heavy atom. The normalized spacial score (nSPS) is 14.3. The zero-order chi connectivity index (χ0) is 10.9. The molecule has 0 aliphatic rings. The zero-order valence-electron chi connectivity index (χ0n) is 5.59. The van der Waals surface area contributed by atoms with Crippen LogP contribution in [0.3, 0.4) is 0 Å². The monoisotopic (exact) mass is 282 g/mol. The third kappa shape index (κ3) is 4.25. The van der Waals surface area contributed by atoms with Gasteiger partial charge in [0.05, 0.1) is 0 Å². The molecule has 0 saturated heterocycles. The van der Waals surface area contributed by atoms with Crippen LogP contribution in [0.1, 0.15) is 0 Å². The molecule has 0 aromatic heterocycles. The lowest BCUT2D eigenvalue weighted by Crippen LogP contribution is -2.39. The smallest absolute Gasteiger partial charge is 0.295 e. The molecule has 9 heteroatoms. The first-order valence-corrected chi connectivity index (χ1v) is 4.13. The number of rotatable bonds is 4. The first-order chi connectivity index (χ1) is 5.59. The summed E-state index contributed by atoms with van der Waals surface area (Å²) >= 11 is 19.2. The molecule has 0 fully saturated rings. The number of alkyl halides is 8. The van der Waals surface area contributed by atoms with Gasteiger partial charge in [-0.3, -0.25) is 0 Å². The minimum atomic E-state index is -3.42. The van der Waals surface area contributed by atoms with E-state index in [2.05, 4.69) is 4.74 Å². The second-order valence-corrected chi connectivity index (χ2v) is 4.46. The lowest BCUT2D eigenvalue weighted by molar-refractivity contribution is -0.109. The SMILES string of the molecule is FC(F)C(Cl)(Cl)OC(Cl)(Cl)C(F)F. The lowest BCUT2D eigenvalue weighted by Gasteiger charge is -2.27. The van der Waals surface area contributed by atoms with Gasteiger partial charge in [0.15, 0.2) is 0 Å². The van der Waals surface area contributed by atoms with Crippen LogP contribution in [0.2, 0.25) is 0 Å². The van der Waals surface area contributed by atoms with Crippen LogP contribution >= 0.6 is 46.4 Å². The zero-order valence-corrected chi connectivity index (χ0v) is 8.61. The highest BCUT2D eigenvalue weighted by Crippen LogP contribution is 2.41. The fourth-order valence-electron chi connectivity index (χ4n) is 0.271. The van der Waals surface area contributed by atoms with Crippen LogP contribution in [0.5, 0.6) is 0 Å². The minimum absolute atomic E-state index is 3.17. The standard InChI is InChI=1S/C4H2Cl4F4O/c5-3(6,1(9)10)13-4(7,8)2(11)12/h1-2H. The molecule has 0 aliphatic carbocycles. The first kappa shape index (κ1) is 13.8. The van der Waals surface area contributed by atoms with Crippen LogP contribution < -0.4 is 0 Å². The van der Waals surface area contributed by atoms with Crippen LogP contribution in [0.25, 0.3) is 0 Å². The summed E-state index contributed by atoms with van der Waals surface area (Å²) in [6.45, 7) is 0. The molecule has 0 spiro atoms. The van der Waals surface area contributed by atoms with Crippen molar-refractivity contribution in [1.82, 2.24) is 0 Å². The van der Waals surface area contributed by atoms with E-state index in [0.29, 0.717) is 0 Å². The minimum Gasteiger partial charge on any atom is -0.300 e. The maximum absolute atomic E-state index is 11.9. The molecule has 0 aromatic carbocycles. The van der Waals surface area contributed by atoms with Crippen LogP contribution in [-0.2, 0) is 4.74 Å². The molecule has 1 nitrogen and oxygen atoms in total. The first-order valence-electron chi connectivity index (χ1n) is 2.61. The molecule has 0 N–H and O–H groups in total. The van der Waals surface area contributed by atoms with Crippen molar-refractivity contribution in [3.8, 4) is 0 Å². The summed E-state index contributed by atoms with van der Waals surface area (Å²) in [6.07, 6.45) is -6.85. The third-order valence-electron chi connectivity index (χ3n) is 0.780. The average molecular weight is 284 g/mol. The van der Waals surface area contributed by atoms with Crippen LogP contribution in [0, 0.1) is 0 Å². The van der Waals surface area contributed by atoms with Gasteiger partial charge in [0.25, 0.3) is 21.9 Å². The second-order valence-electron chi connectivity index (χ2n) is 1.83. The maximum Gasteiger partial charge on any atom is 0.295 e. The molecule has 13 heavy (non-hydrogen) atoms. The summed E-state index contributed by atoms with van der Waals surface area (Å²) in [5.41, 5.74) is 0. The van der Waals surface area contributed by atoms with Gasteiger partial charge >= 0.3 is 0 Å². The fraction of sp³-hybridized carbons (Fsp3) is 1.00. The Bertz CT molecular complexity index is 156. The highest BCUT2D eigenvalue weighted by Gasteiger charge is 2.49. The Morgan fingerprint density at radius 1 is 0.769 bits per heavy atom. The van der Waals surface area contributed by atoms with Gasteiger partial charge in [0, 0.05) is 0 Å². The molecule has 0 saturated carbocycles. The van der Waals surface area contributed by atoms with Gasteiger partial charge in [-0.25, -0.2) is 17.6 Å². The van der Waals surface area contributed by atoms with Crippen molar-refractivity contribution >= 4 is 46.4 Å². The van der Waals surface area contributed by atoms with Crippen LogP contribution in [0.4, 0.5) is 17.6 Å². The highest BCUT2D eigenvalue weighted by molar-refractivity contribution is 6.50. The van der Waals surface area contributed by atoms with Crippen molar-refractivity contribution in [2.45, 2.75) is 21.9 Å². The van der Waals surface area contributed by atoms with Crippen molar-refractivity contribution in [2.24, 2.45) is 0 Å². The van der Waals surface area contributed by atoms with E-state index < -0.39 is 21.9 Å². The summed E-state index contributed by atoms with van der Waals surface area (Å²) in [5, 5.41) is 0. The van der Waals surface area contributed by atoms with E-state index in [0.717, 1.165) is 0 Å². The lowest BCUT2D eigenvalue weighted by atomic mass is 10.7. The van der Waals surface area contributed by atoms with Crippen LogP contribution in [0.15, 0.2) is 0 Å². The molecular formula is C4H2Cl4F4O. The van der Waals surface area contributed by atoms with Crippen molar-refractivity contribution < 1.29 is 22.3 Å². The van der Waals surface area contributed by atoms with E-state index in [-0.39, 0.29) is 0 Å². The Kier molecular flexibility index (Phi) is 4.87. The molecule has 0 aromatic rings. The number of hydrogen-bond acceptors (Lipinski definition) is 1. The maximum atomic E-state index is 11.9. The molecule has 0 unspecified atom stereocenters. The van der Waals surface area contributed by atoms with Crippen molar-refractivity contribution in [3.05, 3.63) is 0 Å². The Morgan fingerprint density at radius 3 is 1.15 bits per heavy atom.